The van der Waals surface area contributed by atoms with Crippen molar-refractivity contribution in [2.24, 2.45) is 4.99 Å². The number of methoxy groups -OCH3 is 2. The molecule has 1 amide bonds. The van der Waals surface area contributed by atoms with Gasteiger partial charge < -0.3 is 19.5 Å². The van der Waals surface area contributed by atoms with Gasteiger partial charge in [0.2, 0.25) is 5.96 Å². The number of nitrogens with one attached hydrogen (secondary N) is 2. The standard InChI is InChI=1S/C24H32N4O4/c1-17-5-6-22(18(2)13-17)26-24(25-7-8-28-9-11-32-12-10-28)27-23(29)19-14-20(30-3)16-21(15-19)31-4/h5-6,13-16H,7-12H2,1-4H3,(H2,25,26,27,29). The maximum absolute atomic E-state index is 13.0. The van der Waals surface area contributed by atoms with Gasteiger partial charge in [0.05, 0.1) is 34.0 Å². The molecule has 0 aliphatic carbocycles. The van der Waals surface area contributed by atoms with Crippen LogP contribution in [0.4, 0.5) is 5.69 Å². The maximum Gasteiger partial charge on any atom is 0.258 e. The minimum Gasteiger partial charge on any atom is -0.497 e. The van der Waals surface area contributed by atoms with Gasteiger partial charge in [-0.2, -0.15) is 0 Å². The van der Waals surface area contributed by atoms with Gasteiger partial charge in [-0.25, -0.2) is 0 Å². The first kappa shape index (κ1) is 23.6. The van der Waals surface area contributed by atoms with Crippen LogP contribution in [0.3, 0.4) is 0 Å². The summed E-state index contributed by atoms with van der Waals surface area (Å²) in [6.45, 7) is 8.69. The smallest absolute Gasteiger partial charge is 0.258 e. The highest BCUT2D eigenvalue weighted by Gasteiger charge is 2.14. The van der Waals surface area contributed by atoms with Crippen molar-refractivity contribution >= 4 is 17.6 Å². The molecule has 0 radical (unpaired) electrons. The van der Waals surface area contributed by atoms with Gasteiger partial charge in [0.25, 0.3) is 5.91 Å². The van der Waals surface area contributed by atoms with Crippen molar-refractivity contribution in [2.45, 2.75) is 13.8 Å². The van der Waals surface area contributed by atoms with Gasteiger partial charge in [0.15, 0.2) is 0 Å². The molecule has 1 saturated heterocycles. The highest BCUT2D eigenvalue weighted by atomic mass is 16.5. The lowest BCUT2D eigenvalue weighted by Gasteiger charge is -2.25. The maximum atomic E-state index is 13.0. The van der Waals surface area contributed by atoms with Crippen molar-refractivity contribution in [3.63, 3.8) is 0 Å². The molecule has 0 spiro atoms. The summed E-state index contributed by atoms with van der Waals surface area (Å²) in [5.41, 5.74) is 3.56. The van der Waals surface area contributed by atoms with Gasteiger partial charge in [-0.15, -0.1) is 0 Å². The van der Waals surface area contributed by atoms with E-state index in [0.717, 1.165) is 44.1 Å². The zero-order valence-corrected chi connectivity index (χ0v) is 19.2. The number of aliphatic imine (C=N–C) groups is 1. The molecule has 8 heteroatoms. The Bertz CT molecular complexity index is 933. The molecule has 1 heterocycles. The lowest BCUT2D eigenvalue weighted by molar-refractivity contribution is 0.0394. The number of anilines is 1. The SMILES string of the molecule is COc1cc(OC)cc(C(=O)NC(=NCCN2CCOCC2)Nc2ccc(C)cc2C)c1. The Morgan fingerprint density at radius 1 is 1.06 bits per heavy atom. The summed E-state index contributed by atoms with van der Waals surface area (Å²) in [5.74, 6) is 1.19. The fraction of sp³-hybridized carbons (Fsp3) is 0.417. The Labute approximate surface area is 189 Å². The number of hydrogen-bond acceptors (Lipinski definition) is 6. The Morgan fingerprint density at radius 3 is 2.38 bits per heavy atom. The van der Waals surface area contributed by atoms with E-state index in [-0.39, 0.29) is 5.91 Å². The fourth-order valence-electron chi connectivity index (χ4n) is 3.44. The van der Waals surface area contributed by atoms with Gasteiger partial charge in [-0.1, -0.05) is 17.7 Å². The van der Waals surface area contributed by atoms with Gasteiger partial charge in [0.1, 0.15) is 11.5 Å². The van der Waals surface area contributed by atoms with Crippen LogP contribution >= 0.6 is 0 Å². The van der Waals surface area contributed by atoms with E-state index in [0.29, 0.717) is 29.6 Å². The number of hydrogen-bond donors (Lipinski definition) is 2. The van der Waals surface area contributed by atoms with Crippen LogP contribution in [0.25, 0.3) is 0 Å². The normalized spacial score (nSPS) is 14.7. The van der Waals surface area contributed by atoms with E-state index >= 15 is 0 Å². The van der Waals surface area contributed by atoms with Crippen molar-refractivity contribution in [2.75, 3.05) is 58.9 Å². The van der Waals surface area contributed by atoms with Gasteiger partial charge in [-0.3, -0.25) is 20.0 Å². The number of aryl methyl sites for hydroxylation is 2. The van der Waals surface area contributed by atoms with Crippen molar-refractivity contribution in [3.8, 4) is 11.5 Å². The number of carbonyl (C=O) groups is 1. The molecule has 1 aliphatic heterocycles. The van der Waals surface area contributed by atoms with Crippen molar-refractivity contribution in [3.05, 3.63) is 53.1 Å². The molecule has 2 aromatic carbocycles. The first-order chi connectivity index (χ1) is 15.5. The molecule has 0 aromatic heterocycles. The molecule has 1 fully saturated rings. The third kappa shape index (κ3) is 6.70. The lowest BCUT2D eigenvalue weighted by atomic mass is 10.1. The minimum absolute atomic E-state index is 0.301. The highest BCUT2D eigenvalue weighted by molar-refractivity contribution is 6.10. The first-order valence-electron chi connectivity index (χ1n) is 10.7. The number of nitrogens with zero attached hydrogens (tertiary/aromatic N) is 2. The van der Waals surface area contributed by atoms with Crippen LogP contribution < -0.4 is 20.1 Å². The molecular formula is C24H32N4O4. The van der Waals surface area contributed by atoms with E-state index in [2.05, 4.69) is 26.6 Å². The second kappa shape index (κ2) is 11.5. The number of guanidine groups is 1. The van der Waals surface area contributed by atoms with Crippen LogP contribution in [-0.2, 0) is 4.74 Å². The number of morpholine rings is 1. The van der Waals surface area contributed by atoms with E-state index in [1.54, 1.807) is 32.4 Å². The van der Waals surface area contributed by atoms with Crippen molar-refractivity contribution in [1.82, 2.24) is 10.2 Å². The van der Waals surface area contributed by atoms with E-state index in [1.165, 1.54) is 5.56 Å². The molecule has 0 saturated carbocycles. The van der Waals surface area contributed by atoms with E-state index in [4.69, 9.17) is 14.2 Å². The molecule has 3 rings (SSSR count). The summed E-state index contributed by atoms with van der Waals surface area (Å²) in [6, 6.07) is 11.2. The lowest BCUT2D eigenvalue weighted by Crippen LogP contribution is -2.39. The van der Waals surface area contributed by atoms with Gasteiger partial charge in [-0.05, 0) is 37.6 Å². The summed E-state index contributed by atoms with van der Waals surface area (Å²) in [7, 11) is 3.10. The second-order valence-corrected chi connectivity index (χ2v) is 7.68. The number of carbonyl (C=O) groups excluding carboxylic acids is 1. The van der Waals surface area contributed by atoms with Crippen LogP contribution in [0, 0.1) is 13.8 Å². The van der Waals surface area contributed by atoms with Crippen LogP contribution in [0.5, 0.6) is 11.5 Å². The molecular weight excluding hydrogens is 408 g/mol. The van der Waals surface area contributed by atoms with Crippen molar-refractivity contribution < 1.29 is 19.0 Å². The minimum atomic E-state index is -0.301. The Hall–Kier alpha value is -3.10. The average molecular weight is 441 g/mol. The molecule has 172 valence electrons. The predicted octanol–water partition coefficient (Wildman–Crippen LogP) is 2.85. The summed E-state index contributed by atoms with van der Waals surface area (Å²) >= 11 is 0. The topological polar surface area (TPSA) is 84.4 Å². The number of benzene rings is 2. The highest BCUT2D eigenvalue weighted by Crippen LogP contribution is 2.22. The van der Waals surface area contributed by atoms with Crippen LogP contribution in [0.1, 0.15) is 21.5 Å². The van der Waals surface area contributed by atoms with Crippen LogP contribution in [0.2, 0.25) is 0 Å². The molecule has 0 atom stereocenters. The van der Waals surface area contributed by atoms with Gasteiger partial charge >= 0.3 is 0 Å². The van der Waals surface area contributed by atoms with Crippen LogP contribution in [0.15, 0.2) is 41.4 Å². The fourth-order valence-corrected chi connectivity index (χ4v) is 3.44. The number of amides is 1. The summed E-state index contributed by atoms with van der Waals surface area (Å²) in [5, 5.41) is 6.19. The van der Waals surface area contributed by atoms with E-state index in [9.17, 15) is 4.79 Å². The second-order valence-electron chi connectivity index (χ2n) is 7.68. The third-order valence-electron chi connectivity index (χ3n) is 5.27. The monoisotopic (exact) mass is 440 g/mol. The quantitative estimate of drug-likeness (QED) is 0.509. The van der Waals surface area contributed by atoms with E-state index < -0.39 is 0 Å². The summed E-state index contributed by atoms with van der Waals surface area (Å²) in [6.07, 6.45) is 0. The molecule has 2 aromatic rings. The zero-order chi connectivity index (χ0) is 22.9. The zero-order valence-electron chi connectivity index (χ0n) is 19.2. The summed E-state index contributed by atoms with van der Waals surface area (Å²) < 4.78 is 16.0. The molecule has 0 unspecified atom stereocenters. The molecule has 32 heavy (non-hydrogen) atoms. The third-order valence-corrected chi connectivity index (χ3v) is 5.27. The molecule has 0 bridgehead atoms. The average Bonchev–Trinajstić information content (AvgIpc) is 2.81. The Morgan fingerprint density at radius 2 is 1.75 bits per heavy atom. The van der Waals surface area contributed by atoms with Crippen LogP contribution in [-0.4, -0.2) is 70.4 Å². The van der Waals surface area contributed by atoms with E-state index in [1.807, 2.05) is 26.0 Å². The largest absolute Gasteiger partial charge is 0.497 e. The van der Waals surface area contributed by atoms with Gasteiger partial charge in [0, 0.05) is 37.0 Å². The van der Waals surface area contributed by atoms with Crippen molar-refractivity contribution in [1.29, 1.82) is 0 Å². The molecule has 1 aliphatic rings. The predicted molar refractivity (Wildman–Crippen MR) is 126 cm³/mol. The molecule has 2 N–H and O–H groups in total. The number of rotatable bonds is 7. The first-order valence-corrected chi connectivity index (χ1v) is 10.7. The molecule has 8 nitrogen and oxygen atoms in total. The Kier molecular flexibility index (Phi) is 8.47. The summed E-state index contributed by atoms with van der Waals surface area (Å²) in [4.78, 5) is 20.0. The Balaban J connectivity index is 1.77. The number of ether oxygens (including phenoxy) is 3.